The van der Waals surface area contributed by atoms with Crippen LogP contribution in [0.25, 0.3) is 5.82 Å². The van der Waals surface area contributed by atoms with Crippen molar-refractivity contribution in [3.8, 4) is 5.82 Å². The zero-order valence-electron chi connectivity index (χ0n) is 12.6. The van der Waals surface area contributed by atoms with Gasteiger partial charge in [-0.2, -0.15) is 0 Å². The number of nitrogens with zero attached hydrogens (tertiary/aromatic N) is 5. The van der Waals surface area contributed by atoms with E-state index < -0.39 is 0 Å². The number of carbonyl (C=O) groups excluding carboxylic acids is 1. The predicted molar refractivity (Wildman–Crippen MR) is 81.4 cm³/mol. The van der Waals surface area contributed by atoms with Crippen LogP contribution in [0.3, 0.4) is 0 Å². The van der Waals surface area contributed by atoms with Gasteiger partial charge in [-0.3, -0.25) is 9.36 Å². The third-order valence-electron chi connectivity index (χ3n) is 4.11. The van der Waals surface area contributed by atoms with E-state index in [1.54, 1.807) is 35.6 Å². The van der Waals surface area contributed by atoms with E-state index in [2.05, 4.69) is 22.1 Å². The van der Waals surface area contributed by atoms with Gasteiger partial charge in [0.15, 0.2) is 0 Å². The number of aromatic nitrogens is 4. The number of hydrogen-bond acceptors (Lipinski definition) is 5. The molecular formula is C15H20N6O. The third-order valence-corrected chi connectivity index (χ3v) is 4.11. The molecule has 7 nitrogen and oxygen atoms in total. The van der Waals surface area contributed by atoms with Crippen LogP contribution < -0.4 is 5.73 Å². The molecule has 7 heteroatoms. The molecule has 0 saturated carbocycles. The molecule has 0 bridgehead atoms. The van der Waals surface area contributed by atoms with Crippen LogP contribution in [0, 0.1) is 5.92 Å². The molecular weight excluding hydrogens is 280 g/mol. The van der Waals surface area contributed by atoms with Crippen molar-refractivity contribution in [2.75, 3.05) is 13.1 Å². The summed E-state index contributed by atoms with van der Waals surface area (Å²) in [5, 5.41) is 7.50. The van der Waals surface area contributed by atoms with Gasteiger partial charge in [-0.1, -0.05) is 13.3 Å². The van der Waals surface area contributed by atoms with Gasteiger partial charge >= 0.3 is 0 Å². The van der Waals surface area contributed by atoms with E-state index in [9.17, 15) is 4.79 Å². The van der Waals surface area contributed by atoms with E-state index in [1.165, 1.54) is 0 Å². The molecule has 116 valence electrons. The summed E-state index contributed by atoms with van der Waals surface area (Å²) in [6.45, 7) is 3.50. The highest BCUT2D eigenvalue weighted by Crippen LogP contribution is 2.22. The number of likely N-dealkylation sites (tertiary alicyclic amines) is 1. The van der Waals surface area contributed by atoms with Gasteiger partial charge in [0, 0.05) is 30.9 Å². The number of nitrogens with two attached hydrogens (primary N) is 1. The molecule has 0 aromatic carbocycles. The quantitative estimate of drug-likeness (QED) is 0.904. The molecule has 0 aliphatic carbocycles. The molecule has 2 aromatic heterocycles. The van der Waals surface area contributed by atoms with E-state index >= 15 is 0 Å². The first kappa shape index (κ1) is 14.6. The summed E-state index contributed by atoms with van der Waals surface area (Å²) in [5.41, 5.74) is 6.77. The fourth-order valence-corrected chi connectivity index (χ4v) is 2.93. The Hall–Kier alpha value is -2.28. The van der Waals surface area contributed by atoms with Crippen molar-refractivity contribution in [2.24, 2.45) is 11.7 Å². The van der Waals surface area contributed by atoms with Gasteiger partial charge in [0.2, 0.25) is 0 Å². The second-order valence-electron chi connectivity index (χ2n) is 5.69. The van der Waals surface area contributed by atoms with Crippen LogP contribution in [0.2, 0.25) is 0 Å². The SMILES string of the molecule is CCC[C@@H]1CN(C(=O)c2ccnc(-n3cnnc3)c2)C[C@H]1N. The fraction of sp³-hybridized carbons (Fsp3) is 0.467. The third kappa shape index (κ3) is 2.85. The Morgan fingerprint density at radius 2 is 2.14 bits per heavy atom. The molecule has 0 radical (unpaired) electrons. The summed E-state index contributed by atoms with van der Waals surface area (Å²) in [6.07, 6.45) is 6.89. The van der Waals surface area contributed by atoms with E-state index in [0.717, 1.165) is 19.4 Å². The molecule has 0 unspecified atom stereocenters. The Labute approximate surface area is 129 Å². The molecule has 3 heterocycles. The summed E-state index contributed by atoms with van der Waals surface area (Å²) in [5.74, 6) is 1.03. The largest absolute Gasteiger partial charge is 0.337 e. The second kappa shape index (κ2) is 6.23. The smallest absolute Gasteiger partial charge is 0.254 e. The lowest BCUT2D eigenvalue weighted by molar-refractivity contribution is 0.0785. The maximum Gasteiger partial charge on any atom is 0.254 e. The van der Waals surface area contributed by atoms with Crippen molar-refractivity contribution in [3.63, 3.8) is 0 Å². The highest BCUT2D eigenvalue weighted by Gasteiger charge is 2.32. The predicted octanol–water partition coefficient (Wildman–Crippen LogP) is 0.862. The van der Waals surface area contributed by atoms with Gasteiger partial charge in [-0.25, -0.2) is 4.98 Å². The van der Waals surface area contributed by atoms with E-state index in [1.807, 2.05) is 4.90 Å². The Morgan fingerprint density at radius 1 is 1.36 bits per heavy atom. The van der Waals surface area contributed by atoms with Crippen LogP contribution in [0.4, 0.5) is 0 Å². The Balaban J connectivity index is 1.77. The molecule has 1 saturated heterocycles. The monoisotopic (exact) mass is 300 g/mol. The van der Waals surface area contributed by atoms with Gasteiger partial charge in [-0.05, 0) is 24.5 Å². The first-order chi connectivity index (χ1) is 10.7. The summed E-state index contributed by atoms with van der Waals surface area (Å²) >= 11 is 0. The molecule has 1 fully saturated rings. The van der Waals surface area contributed by atoms with Gasteiger partial charge in [0.1, 0.15) is 18.5 Å². The lowest BCUT2D eigenvalue weighted by atomic mass is 9.99. The average Bonchev–Trinajstić information content (AvgIpc) is 3.18. The van der Waals surface area contributed by atoms with Crippen LogP contribution in [0.15, 0.2) is 31.0 Å². The molecule has 2 N–H and O–H groups in total. The highest BCUT2D eigenvalue weighted by atomic mass is 16.2. The fourth-order valence-electron chi connectivity index (χ4n) is 2.93. The molecule has 2 atom stereocenters. The van der Waals surface area contributed by atoms with Crippen LogP contribution >= 0.6 is 0 Å². The lowest BCUT2D eigenvalue weighted by Gasteiger charge is -2.16. The first-order valence-corrected chi connectivity index (χ1v) is 7.55. The van der Waals surface area contributed by atoms with Crippen molar-refractivity contribution >= 4 is 5.91 Å². The number of amides is 1. The minimum atomic E-state index is 0.00535. The summed E-state index contributed by atoms with van der Waals surface area (Å²) in [4.78, 5) is 18.7. The van der Waals surface area contributed by atoms with Gasteiger partial charge < -0.3 is 10.6 Å². The van der Waals surface area contributed by atoms with Crippen molar-refractivity contribution in [1.29, 1.82) is 0 Å². The normalized spacial score (nSPS) is 21.3. The molecule has 1 aliphatic rings. The van der Waals surface area contributed by atoms with Gasteiger partial charge in [0.25, 0.3) is 5.91 Å². The molecule has 1 aliphatic heterocycles. The minimum absolute atomic E-state index is 0.00535. The van der Waals surface area contributed by atoms with Crippen molar-refractivity contribution < 1.29 is 4.79 Å². The maximum atomic E-state index is 12.7. The second-order valence-corrected chi connectivity index (χ2v) is 5.69. The molecule has 2 aromatic rings. The number of carbonyl (C=O) groups is 1. The van der Waals surface area contributed by atoms with Crippen LogP contribution in [0.1, 0.15) is 30.1 Å². The summed E-state index contributed by atoms with van der Waals surface area (Å²) in [6, 6.07) is 3.56. The molecule has 3 rings (SSSR count). The first-order valence-electron chi connectivity index (χ1n) is 7.55. The lowest BCUT2D eigenvalue weighted by Crippen LogP contribution is -2.32. The molecule has 0 spiro atoms. The van der Waals surface area contributed by atoms with Crippen LogP contribution in [0.5, 0.6) is 0 Å². The molecule has 22 heavy (non-hydrogen) atoms. The number of pyridine rings is 1. The minimum Gasteiger partial charge on any atom is -0.337 e. The Kier molecular flexibility index (Phi) is 4.15. The van der Waals surface area contributed by atoms with Gasteiger partial charge in [0.05, 0.1) is 0 Å². The standard InChI is InChI=1S/C15H20N6O/c1-2-3-12-7-20(8-13(12)16)15(22)11-4-5-17-14(6-11)21-9-18-19-10-21/h4-6,9-10,12-13H,2-3,7-8,16H2,1H3/t12-,13-/m1/s1. The highest BCUT2D eigenvalue weighted by molar-refractivity contribution is 5.94. The van der Waals surface area contributed by atoms with Gasteiger partial charge in [-0.15, -0.1) is 10.2 Å². The maximum absolute atomic E-state index is 12.7. The zero-order chi connectivity index (χ0) is 15.5. The molecule has 1 amide bonds. The van der Waals surface area contributed by atoms with Crippen molar-refractivity contribution in [2.45, 2.75) is 25.8 Å². The zero-order valence-corrected chi connectivity index (χ0v) is 12.6. The van der Waals surface area contributed by atoms with E-state index in [4.69, 9.17) is 5.73 Å². The van der Waals surface area contributed by atoms with Crippen LogP contribution in [-0.4, -0.2) is 49.7 Å². The van der Waals surface area contributed by atoms with E-state index in [-0.39, 0.29) is 11.9 Å². The average molecular weight is 300 g/mol. The summed E-state index contributed by atoms with van der Waals surface area (Å²) in [7, 11) is 0. The van der Waals surface area contributed by atoms with Crippen LogP contribution in [-0.2, 0) is 0 Å². The summed E-state index contributed by atoms with van der Waals surface area (Å²) < 4.78 is 1.67. The number of rotatable bonds is 4. The van der Waals surface area contributed by atoms with E-state index in [0.29, 0.717) is 23.8 Å². The number of hydrogen-bond donors (Lipinski definition) is 1. The topological polar surface area (TPSA) is 89.9 Å². The van der Waals surface area contributed by atoms with Crippen molar-refractivity contribution in [3.05, 3.63) is 36.5 Å². The Bertz CT molecular complexity index is 641. The Morgan fingerprint density at radius 3 is 2.86 bits per heavy atom. The van der Waals surface area contributed by atoms with Crippen molar-refractivity contribution in [1.82, 2.24) is 24.6 Å².